The summed E-state index contributed by atoms with van der Waals surface area (Å²) in [7, 11) is -2.33. The zero-order valence-corrected chi connectivity index (χ0v) is 13.4. The van der Waals surface area contributed by atoms with Crippen molar-refractivity contribution in [3.8, 4) is 0 Å². The summed E-state index contributed by atoms with van der Waals surface area (Å²) in [5.74, 6) is -0.185. The molecule has 5 nitrogen and oxygen atoms in total. The number of halogens is 1. The number of esters is 1. The summed E-state index contributed by atoms with van der Waals surface area (Å²) in [6.45, 7) is 0. The molecule has 110 valence electrons. The zero-order valence-electron chi connectivity index (χ0n) is 11.0. The Bertz CT molecular complexity index is 598. The molecule has 0 radical (unpaired) electrons. The molecule has 0 aromatic heterocycles. The molecular formula is C13H16BrNO4S. The van der Waals surface area contributed by atoms with E-state index >= 15 is 0 Å². The molecule has 0 aliphatic heterocycles. The van der Waals surface area contributed by atoms with E-state index in [4.69, 9.17) is 0 Å². The third kappa shape index (κ3) is 4.04. The Hall–Kier alpha value is -0.920. The number of hydrogen-bond donors (Lipinski definition) is 1. The van der Waals surface area contributed by atoms with Gasteiger partial charge in [0.25, 0.3) is 0 Å². The van der Waals surface area contributed by atoms with Crippen molar-refractivity contribution in [3.05, 3.63) is 28.7 Å². The number of rotatable bonds is 6. The van der Waals surface area contributed by atoms with Gasteiger partial charge < -0.3 is 4.74 Å². The topological polar surface area (TPSA) is 72.5 Å². The second-order valence-corrected chi connectivity index (χ2v) is 7.43. The van der Waals surface area contributed by atoms with E-state index in [9.17, 15) is 13.2 Å². The minimum atomic E-state index is -3.63. The van der Waals surface area contributed by atoms with E-state index in [1.807, 2.05) is 0 Å². The van der Waals surface area contributed by atoms with Crippen LogP contribution in [0.1, 0.15) is 19.3 Å². The van der Waals surface area contributed by atoms with E-state index in [0.717, 1.165) is 12.8 Å². The van der Waals surface area contributed by atoms with Gasteiger partial charge >= 0.3 is 5.97 Å². The third-order valence-electron chi connectivity index (χ3n) is 3.22. The number of carbonyl (C=O) groups excluding carboxylic acids is 1. The largest absolute Gasteiger partial charge is 0.469 e. The van der Waals surface area contributed by atoms with Crippen LogP contribution in [0, 0.1) is 5.92 Å². The average molecular weight is 362 g/mol. The molecule has 7 heteroatoms. The van der Waals surface area contributed by atoms with E-state index in [2.05, 4.69) is 25.4 Å². The molecule has 1 aromatic rings. The summed E-state index contributed by atoms with van der Waals surface area (Å²) in [5, 5.41) is 0. The fourth-order valence-corrected chi connectivity index (χ4v) is 3.87. The highest BCUT2D eigenvalue weighted by Crippen LogP contribution is 2.35. The van der Waals surface area contributed by atoms with Crippen LogP contribution in [0.25, 0.3) is 0 Å². The van der Waals surface area contributed by atoms with E-state index in [1.54, 1.807) is 12.1 Å². The molecule has 0 bridgehead atoms. The Morgan fingerprint density at radius 2 is 2.20 bits per heavy atom. The summed E-state index contributed by atoms with van der Waals surface area (Å²) < 4.78 is 32.5. The zero-order chi connectivity index (χ0) is 14.8. The van der Waals surface area contributed by atoms with Crippen molar-refractivity contribution >= 4 is 31.9 Å². The van der Waals surface area contributed by atoms with Crippen molar-refractivity contribution in [2.24, 2.45) is 5.92 Å². The van der Waals surface area contributed by atoms with Crippen LogP contribution in [0.15, 0.2) is 33.6 Å². The molecule has 1 N–H and O–H groups in total. The smallest absolute Gasteiger partial charge is 0.307 e. The van der Waals surface area contributed by atoms with Gasteiger partial charge in [0, 0.05) is 10.5 Å². The van der Waals surface area contributed by atoms with Gasteiger partial charge in [-0.2, -0.15) is 0 Å². The minimum Gasteiger partial charge on any atom is -0.469 e. The van der Waals surface area contributed by atoms with Crippen molar-refractivity contribution in [1.29, 1.82) is 0 Å². The SMILES string of the molecule is COC(=O)C[C@@H](NS(=O)(=O)c1cccc(Br)c1)C1CC1. The van der Waals surface area contributed by atoms with Crippen LogP contribution in [0.5, 0.6) is 0 Å². The number of benzene rings is 1. The van der Waals surface area contributed by atoms with Crippen molar-refractivity contribution in [1.82, 2.24) is 4.72 Å². The first-order valence-electron chi connectivity index (χ1n) is 6.27. The maximum absolute atomic E-state index is 12.3. The molecule has 1 aromatic carbocycles. The highest BCUT2D eigenvalue weighted by atomic mass is 79.9. The molecule has 20 heavy (non-hydrogen) atoms. The summed E-state index contributed by atoms with van der Waals surface area (Å²) in [5.41, 5.74) is 0. The van der Waals surface area contributed by atoms with Crippen LogP contribution in [-0.2, 0) is 19.6 Å². The predicted octanol–water partition coefficient (Wildman–Crippen LogP) is 2.07. The standard InChI is InChI=1S/C13H16BrNO4S/c1-19-13(16)8-12(9-5-6-9)15-20(17,18)11-4-2-3-10(14)7-11/h2-4,7,9,12,15H,5-6,8H2,1H3/t12-/m1/s1. The molecule has 0 saturated heterocycles. The second-order valence-electron chi connectivity index (χ2n) is 4.80. The van der Waals surface area contributed by atoms with Gasteiger partial charge in [-0.05, 0) is 37.0 Å². The maximum Gasteiger partial charge on any atom is 0.307 e. The Morgan fingerprint density at radius 1 is 1.50 bits per heavy atom. The van der Waals surface area contributed by atoms with Gasteiger partial charge in [0.1, 0.15) is 0 Å². The normalized spacial score (nSPS) is 16.7. The average Bonchev–Trinajstić information content (AvgIpc) is 3.22. The molecule has 0 heterocycles. The lowest BCUT2D eigenvalue weighted by Crippen LogP contribution is -2.38. The molecule has 2 rings (SSSR count). The Labute approximate surface area is 126 Å². The lowest BCUT2D eigenvalue weighted by Gasteiger charge is -2.17. The number of methoxy groups -OCH3 is 1. The van der Waals surface area contributed by atoms with Crippen LogP contribution in [-0.4, -0.2) is 27.5 Å². The fraction of sp³-hybridized carbons (Fsp3) is 0.462. The van der Waals surface area contributed by atoms with Gasteiger partial charge in [-0.25, -0.2) is 13.1 Å². The van der Waals surface area contributed by atoms with E-state index in [-0.39, 0.29) is 17.2 Å². The van der Waals surface area contributed by atoms with Gasteiger partial charge in [-0.15, -0.1) is 0 Å². The summed E-state index contributed by atoms with van der Waals surface area (Å²) in [6, 6.07) is 6.07. The van der Waals surface area contributed by atoms with Crippen molar-refractivity contribution < 1.29 is 17.9 Å². The van der Waals surface area contributed by atoms with E-state index < -0.39 is 22.0 Å². The maximum atomic E-state index is 12.3. The van der Waals surface area contributed by atoms with Gasteiger partial charge in [0.05, 0.1) is 18.4 Å². The van der Waals surface area contributed by atoms with Crippen LogP contribution in [0.2, 0.25) is 0 Å². The quantitative estimate of drug-likeness (QED) is 0.787. The molecule has 0 amide bonds. The monoisotopic (exact) mass is 361 g/mol. The molecule has 1 atom stereocenters. The Kier molecular flexibility index (Phi) is 4.82. The predicted molar refractivity (Wildman–Crippen MR) is 77.6 cm³/mol. The van der Waals surface area contributed by atoms with Crippen LogP contribution in [0.4, 0.5) is 0 Å². The first-order chi connectivity index (χ1) is 9.42. The number of hydrogen-bond acceptors (Lipinski definition) is 4. The van der Waals surface area contributed by atoms with Gasteiger partial charge in [-0.3, -0.25) is 4.79 Å². The van der Waals surface area contributed by atoms with Crippen LogP contribution in [0.3, 0.4) is 0 Å². The molecule has 0 unspecified atom stereocenters. The summed E-state index contributed by atoms with van der Waals surface area (Å²) in [4.78, 5) is 11.5. The summed E-state index contributed by atoms with van der Waals surface area (Å²) in [6.07, 6.45) is 1.93. The highest BCUT2D eigenvalue weighted by molar-refractivity contribution is 9.10. The highest BCUT2D eigenvalue weighted by Gasteiger charge is 2.35. The van der Waals surface area contributed by atoms with E-state index in [0.29, 0.717) is 4.47 Å². The molecule has 1 aliphatic rings. The lowest BCUT2D eigenvalue weighted by molar-refractivity contribution is -0.141. The van der Waals surface area contributed by atoms with Gasteiger partial charge in [0.15, 0.2) is 0 Å². The van der Waals surface area contributed by atoms with Crippen LogP contribution >= 0.6 is 15.9 Å². The molecule has 1 saturated carbocycles. The van der Waals surface area contributed by atoms with Crippen LogP contribution < -0.4 is 4.72 Å². The Balaban J connectivity index is 2.14. The number of ether oxygens (including phenoxy) is 1. The third-order valence-corrected chi connectivity index (χ3v) is 5.20. The lowest BCUT2D eigenvalue weighted by atomic mass is 10.1. The first kappa shape index (κ1) is 15.5. The molecule has 1 fully saturated rings. The summed E-state index contributed by atoms with van der Waals surface area (Å²) >= 11 is 3.25. The van der Waals surface area contributed by atoms with Crippen molar-refractivity contribution in [3.63, 3.8) is 0 Å². The number of carbonyl (C=O) groups is 1. The fourth-order valence-electron chi connectivity index (χ4n) is 1.97. The first-order valence-corrected chi connectivity index (χ1v) is 8.54. The second kappa shape index (κ2) is 6.24. The molecular weight excluding hydrogens is 346 g/mol. The van der Waals surface area contributed by atoms with Crippen molar-refractivity contribution in [2.45, 2.75) is 30.2 Å². The Morgan fingerprint density at radius 3 is 2.75 bits per heavy atom. The van der Waals surface area contributed by atoms with Crippen molar-refractivity contribution in [2.75, 3.05) is 7.11 Å². The van der Waals surface area contributed by atoms with E-state index in [1.165, 1.54) is 19.2 Å². The van der Waals surface area contributed by atoms with Gasteiger partial charge in [0.2, 0.25) is 10.0 Å². The minimum absolute atomic E-state index is 0.0639. The molecule has 1 aliphatic carbocycles. The number of nitrogens with one attached hydrogen (secondary N) is 1. The molecule has 0 spiro atoms. The number of sulfonamides is 1. The van der Waals surface area contributed by atoms with Gasteiger partial charge in [-0.1, -0.05) is 22.0 Å².